The fourth-order valence-electron chi connectivity index (χ4n) is 2.44. The first-order chi connectivity index (χ1) is 9.54. The molecule has 4 nitrogen and oxygen atoms in total. The molecule has 6 heteroatoms. The molecule has 0 unspecified atom stereocenters. The lowest BCUT2D eigenvalue weighted by Gasteiger charge is -2.27. The van der Waals surface area contributed by atoms with E-state index in [1.54, 1.807) is 0 Å². The van der Waals surface area contributed by atoms with Crippen molar-refractivity contribution in [2.75, 3.05) is 13.2 Å². The van der Waals surface area contributed by atoms with E-state index in [4.69, 9.17) is 4.74 Å². The minimum absolute atomic E-state index is 0.0566. The van der Waals surface area contributed by atoms with E-state index < -0.39 is 5.54 Å². The Morgan fingerprint density at radius 2 is 2.15 bits per heavy atom. The average Bonchev–Trinajstić information content (AvgIpc) is 2.87. The Kier molecular flexibility index (Phi) is 4.99. The van der Waals surface area contributed by atoms with E-state index in [2.05, 4.69) is 21.2 Å². The minimum atomic E-state index is -0.500. The maximum atomic E-state index is 12.9. The number of carbonyl (C=O) groups is 1. The number of hydrogen-bond donors (Lipinski definition) is 2. The second kappa shape index (κ2) is 6.54. The second-order valence-electron chi connectivity index (χ2n) is 5.06. The molecule has 1 fully saturated rings. The van der Waals surface area contributed by atoms with Gasteiger partial charge in [0.25, 0.3) is 5.91 Å². The fourth-order valence-corrected chi connectivity index (χ4v) is 2.91. The zero-order valence-corrected chi connectivity index (χ0v) is 12.6. The number of benzene rings is 1. The zero-order chi connectivity index (χ0) is 14.6. The van der Waals surface area contributed by atoms with Crippen LogP contribution in [0.4, 0.5) is 4.39 Å². The van der Waals surface area contributed by atoms with Gasteiger partial charge in [-0.25, -0.2) is 4.39 Å². The van der Waals surface area contributed by atoms with Crippen LogP contribution in [0.5, 0.6) is 5.75 Å². The quantitative estimate of drug-likeness (QED) is 0.861. The van der Waals surface area contributed by atoms with E-state index in [1.165, 1.54) is 18.2 Å². The molecule has 110 valence electrons. The highest BCUT2D eigenvalue weighted by atomic mass is 79.9. The van der Waals surface area contributed by atoms with Gasteiger partial charge in [0.1, 0.15) is 11.6 Å². The van der Waals surface area contributed by atoms with Gasteiger partial charge in [0.2, 0.25) is 0 Å². The van der Waals surface area contributed by atoms with E-state index in [9.17, 15) is 14.3 Å². The van der Waals surface area contributed by atoms with Crippen molar-refractivity contribution in [2.24, 2.45) is 0 Å². The number of aliphatic hydroxyl groups is 1. The third-order valence-electron chi connectivity index (χ3n) is 3.52. The normalized spacial score (nSPS) is 16.9. The SMILES string of the molecule is O=C(COc1ccc(F)cc1Br)NC1(CO)CCCC1. The highest BCUT2D eigenvalue weighted by Crippen LogP contribution is 2.29. The molecule has 0 spiro atoms. The molecular weight excluding hydrogens is 329 g/mol. The minimum Gasteiger partial charge on any atom is -0.483 e. The number of carbonyl (C=O) groups excluding carboxylic acids is 1. The van der Waals surface area contributed by atoms with E-state index in [0.29, 0.717) is 10.2 Å². The van der Waals surface area contributed by atoms with Crippen LogP contribution < -0.4 is 10.1 Å². The third-order valence-corrected chi connectivity index (χ3v) is 4.14. The molecule has 0 saturated heterocycles. The number of rotatable bonds is 5. The maximum Gasteiger partial charge on any atom is 0.258 e. The van der Waals surface area contributed by atoms with E-state index in [0.717, 1.165) is 25.7 Å². The van der Waals surface area contributed by atoms with Gasteiger partial charge in [0.05, 0.1) is 16.6 Å². The standard InChI is InChI=1S/C14H17BrFNO3/c15-11-7-10(16)3-4-12(11)20-8-13(19)17-14(9-18)5-1-2-6-14/h3-4,7,18H,1-2,5-6,8-9H2,(H,17,19). The largest absolute Gasteiger partial charge is 0.483 e. The van der Waals surface area contributed by atoms with Crippen LogP contribution in [-0.4, -0.2) is 29.8 Å². The number of hydrogen-bond acceptors (Lipinski definition) is 3. The number of aliphatic hydroxyl groups excluding tert-OH is 1. The summed E-state index contributed by atoms with van der Waals surface area (Å²) in [6.45, 7) is -0.217. The summed E-state index contributed by atoms with van der Waals surface area (Å²) in [5.41, 5.74) is -0.500. The maximum absolute atomic E-state index is 12.9. The Morgan fingerprint density at radius 1 is 1.45 bits per heavy atom. The molecule has 0 atom stereocenters. The lowest BCUT2D eigenvalue weighted by atomic mass is 9.99. The summed E-state index contributed by atoms with van der Waals surface area (Å²) in [6, 6.07) is 4.01. The second-order valence-corrected chi connectivity index (χ2v) is 5.91. The first kappa shape index (κ1) is 15.3. The van der Waals surface area contributed by atoms with Crippen LogP contribution in [-0.2, 0) is 4.79 Å². The number of ether oxygens (including phenoxy) is 1. The van der Waals surface area contributed by atoms with Gasteiger partial charge in [-0.3, -0.25) is 4.79 Å². The topological polar surface area (TPSA) is 58.6 Å². The summed E-state index contributed by atoms with van der Waals surface area (Å²) in [5, 5.41) is 12.3. The van der Waals surface area contributed by atoms with Crippen molar-refractivity contribution in [3.8, 4) is 5.75 Å². The van der Waals surface area contributed by atoms with Crippen LogP contribution in [0.3, 0.4) is 0 Å². The van der Waals surface area contributed by atoms with E-state index in [-0.39, 0.29) is 24.9 Å². The van der Waals surface area contributed by atoms with Crippen LogP contribution in [0, 0.1) is 5.82 Å². The average molecular weight is 346 g/mol. The van der Waals surface area contributed by atoms with Gasteiger partial charge in [0.15, 0.2) is 6.61 Å². The van der Waals surface area contributed by atoms with Crippen LogP contribution in [0.25, 0.3) is 0 Å². The lowest BCUT2D eigenvalue weighted by Crippen LogP contribution is -2.50. The predicted molar refractivity (Wildman–Crippen MR) is 76.0 cm³/mol. The summed E-state index contributed by atoms with van der Waals surface area (Å²) in [4.78, 5) is 11.9. The van der Waals surface area contributed by atoms with Crippen molar-refractivity contribution in [1.82, 2.24) is 5.32 Å². The van der Waals surface area contributed by atoms with Gasteiger partial charge in [-0.05, 0) is 47.0 Å². The molecule has 20 heavy (non-hydrogen) atoms. The van der Waals surface area contributed by atoms with Crippen LogP contribution >= 0.6 is 15.9 Å². The molecule has 1 saturated carbocycles. The van der Waals surface area contributed by atoms with Crippen molar-refractivity contribution < 1.29 is 19.0 Å². The smallest absolute Gasteiger partial charge is 0.258 e. The number of halogens is 2. The van der Waals surface area contributed by atoms with Gasteiger partial charge in [-0.15, -0.1) is 0 Å². The molecule has 1 aromatic carbocycles. The van der Waals surface area contributed by atoms with Crippen LogP contribution in [0.1, 0.15) is 25.7 Å². The molecule has 1 aliphatic rings. The summed E-state index contributed by atoms with van der Waals surface area (Å²) < 4.78 is 18.7. The molecule has 1 amide bonds. The molecule has 0 aromatic heterocycles. The first-order valence-corrected chi connectivity index (χ1v) is 7.34. The number of amides is 1. The van der Waals surface area contributed by atoms with Crippen molar-refractivity contribution in [1.29, 1.82) is 0 Å². The van der Waals surface area contributed by atoms with Gasteiger partial charge in [0, 0.05) is 0 Å². The van der Waals surface area contributed by atoms with Crippen molar-refractivity contribution in [3.63, 3.8) is 0 Å². The van der Waals surface area contributed by atoms with Gasteiger partial charge in [-0.1, -0.05) is 12.8 Å². The van der Waals surface area contributed by atoms with Gasteiger partial charge in [-0.2, -0.15) is 0 Å². The fraction of sp³-hybridized carbons (Fsp3) is 0.500. The molecule has 2 rings (SSSR count). The molecule has 1 aromatic rings. The summed E-state index contributed by atoms with van der Waals surface area (Å²) >= 11 is 3.17. The monoisotopic (exact) mass is 345 g/mol. The highest BCUT2D eigenvalue weighted by Gasteiger charge is 2.34. The van der Waals surface area contributed by atoms with E-state index >= 15 is 0 Å². The van der Waals surface area contributed by atoms with Crippen LogP contribution in [0.15, 0.2) is 22.7 Å². The molecule has 0 radical (unpaired) electrons. The summed E-state index contributed by atoms with van der Waals surface area (Å²) in [7, 11) is 0. The van der Waals surface area contributed by atoms with Crippen molar-refractivity contribution >= 4 is 21.8 Å². The van der Waals surface area contributed by atoms with E-state index in [1.807, 2.05) is 0 Å². The highest BCUT2D eigenvalue weighted by molar-refractivity contribution is 9.10. The zero-order valence-electron chi connectivity index (χ0n) is 11.0. The third kappa shape index (κ3) is 3.70. The molecule has 0 heterocycles. The molecule has 2 N–H and O–H groups in total. The Balaban J connectivity index is 1.89. The molecule has 1 aliphatic carbocycles. The van der Waals surface area contributed by atoms with Gasteiger partial charge >= 0.3 is 0 Å². The molecule has 0 aliphatic heterocycles. The Morgan fingerprint density at radius 3 is 2.75 bits per heavy atom. The Hall–Kier alpha value is -1.14. The molecule has 0 bridgehead atoms. The Bertz CT molecular complexity index is 489. The Labute approximate surface area is 125 Å². The predicted octanol–water partition coefficient (Wildman–Crippen LogP) is 2.39. The summed E-state index contributed by atoms with van der Waals surface area (Å²) in [6.07, 6.45) is 3.58. The van der Waals surface area contributed by atoms with Gasteiger partial charge < -0.3 is 15.2 Å². The van der Waals surface area contributed by atoms with Crippen molar-refractivity contribution in [3.05, 3.63) is 28.5 Å². The molecular formula is C14H17BrFNO3. The van der Waals surface area contributed by atoms with Crippen LogP contribution in [0.2, 0.25) is 0 Å². The summed E-state index contributed by atoms with van der Waals surface area (Å²) in [5.74, 6) is -0.248. The van der Waals surface area contributed by atoms with Crippen molar-refractivity contribution in [2.45, 2.75) is 31.2 Å². The number of nitrogens with one attached hydrogen (secondary N) is 1. The lowest BCUT2D eigenvalue weighted by molar-refractivity contribution is -0.125. The first-order valence-electron chi connectivity index (χ1n) is 6.54.